The van der Waals surface area contributed by atoms with Crippen LogP contribution in [0.25, 0.3) is 32.7 Å². The number of benzene rings is 6. The van der Waals surface area contributed by atoms with Gasteiger partial charge in [-0.2, -0.15) is 0 Å². The van der Waals surface area contributed by atoms with E-state index in [2.05, 4.69) is 62.9 Å². The van der Waals surface area contributed by atoms with Gasteiger partial charge in [0.05, 0.1) is 6.61 Å². The van der Waals surface area contributed by atoms with Crippen molar-refractivity contribution < 1.29 is 39.0 Å². The topological polar surface area (TPSA) is 148 Å². The second-order valence-corrected chi connectivity index (χ2v) is 15.4. The summed E-state index contributed by atoms with van der Waals surface area (Å²) in [6.45, 7) is 2.73. The first-order valence-corrected chi connectivity index (χ1v) is 20.7. The van der Waals surface area contributed by atoms with E-state index in [-0.39, 0.29) is 25.7 Å². The molecule has 8 aromatic rings. The zero-order chi connectivity index (χ0) is 40.9. The van der Waals surface area contributed by atoms with Gasteiger partial charge in [-0.3, -0.25) is 0 Å². The molecular weight excluding hydrogens is 898 g/mol. The van der Waals surface area contributed by atoms with Gasteiger partial charge in [0.1, 0.15) is 34.7 Å². The van der Waals surface area contributed by atoms with Crippen molar-refractivity contribution in [3.63, 3.8) is 0 Å². The quantitative estimate of drug-likeness (QED) is 0.0650. The van der Waals surface area contributed by atoms with Gasteiger partial charge in [0.2, 0.25) is 0 Å². The zero-order valence-electron chi connectivity index (χ0n) is 31.0. The summed E-state index contributed by atoms with van der Waals surface area (Å²) < 4.78 is 17.3. The molecule has 0 saturated heterocycles. The molecule has 0 amide bonds. The molecule has 0 radical (unpaired) electrons. The van der Waals surface area contributed by atoms with Gasteiger partial charge in [-0.15, -0.1) is 22.7 Å². The molecule has 0 unspecified atom stereocenters. The number of thiazole rings is 2. The number of hydrogen-bond donors (Lipinski definition) is 3. The molecule has 0 spiro atoms. The Bertz CT molecular complexity index is 2590. The number of hydrogen-bond acceptors (Lipinski definition) is 11. The van der Waals surface area contributed by atoms with Gasteiger partial charge in [0.25, 0.3) is 0 Å². The summed E-state index contributed by atoms with van der Waals surface area (Å²) >= 11 is 4.91. The van der Waals surface area contributed by atoms with Crippen molar-refractivity contribution in [2.75, 3.05) is 6.61 Å². The third kappa shape index (κ3) is 12.4. The van der Waals surface area contributed by atoms with Gasteiger partial charge in [0, 0.05) is 14.3 Å². The van der Waals surface area contributed by atoms with E-state index in [1.807, 2.05) is 97.1 Å². The second kappa shape index (κ2) is 21.9. The fraction of sp³-hybridized carbons (Fsp3) is 0.111. The SMILES string of the molecule is C.CCOC(=O)c1csc(COc2ccc(I)cc2)n1.O=C(O)c1csc(COc2ccc(-c3cccc4ccccc34)cc2)n1.OB(O)c1cccc2ccccc12. The lowest BCUT2D eigenvalue weighted by Crippen LogP contribution is -2.30. The molecule has 0 aliphatic carbocycles. The van der Waals surface area contributed by atoms with Crippen LogP contribution in [0.2, 0.25) is 0 Å². The first kappa shape index (κ1) is 44.5. The van der Waals surface area contributed by atoms with Gasteiger partial charge in [0.15, 0.2) is 11.4 Å². The van der Waals surface area contributed by atoms with Crippen LogP contribution in [0.1, 0.15) is 45.3 Å². The highest BCUT2D eigenvalue weighted by Crippen LogP contribution is 2.30. The van der Waals surface area contributed by atoms with E-state index in [0.29, 0.717) is 29.4 Å². The standard InChI is InChI=1S/C21H15NO3S.C13H12INO3S.C10H9BO2.CH4/c23-21(24)19-13-26-20(22-19)12-25-16-10-8-15(9-11-16)18-7-3-5-14-4-1-2-6-17(14)18;1-2-17-13(16)11-8-19-12(15-11)7-18-10-5-3-9(14)4-6-10;12-11(13)10-7-3-5-8-4-1-2-6-9(8)10;/h1-11,13H,12H2,(H,23,24);3-6,8H,2,7H2,1H3;1-7,12-13H;1H4. The summed E-state index contributed by atoms with van der Waals surface area (Å²) in [5.41, 5.74) is 3.25. The van der Waals surface area contributed by atoms with E-state index in [9.17, 15) is 9.59 Å². The first-order chi connectivity index (χ1) is 28.2. The molecule has 0 aliphatic heterocycles. The number of aromatic carboxylic acids is 1. The highest BCUT2D eigenvalue weighted by Gasteiger charge is 2.14. The maximum absolute atomic E-state index is 11.5. The Labute approximate surface area is 364 Å². The summed E-state index contributed by atoms with van der Waals surface area (Å²) in [7, 11) is -1.40. The van der Waals surface area contributed by atoms with Crippen molar-refractivity contribution in [2.24, 2.45) is 0 Å². The first-order valence-electron chi connectivity index (χ1n) is 17.9. The number of rotatable bonds is 11. The van der Waals surface area contributed by atoms with E-state index >= 15 is 0 Å². The van der Waals surface area contributed by atoms with E-state index in [0.717, 1.165) is 36.4 Å². The van der Waals surface area contributed by atoms with Crippen LogP contribution in [0, 0.1) is 3.57 Å². The maximum Gasteiger partial charge on any atom is 0.489 e. The number of fused-ring (bicyclic) bond motifs is 2. The van der Waals surface area contributed by atoms with E-state index in [1.54, 1.807) is 18.4 Å². The summed E-state index contributed by atoms with van der Waals surface area (Å²) in [4.78, 5) is 30.5. The van der Waals surface area contributed by atoms with Crippen LogP contribution in [-0.4, -0.2) is 50.8 Å². The third-order valence-electron chi connectivity index (χ3n) is 8.40. The van der Waals surface area contributed by atoms with Crippen LogP contribution >= 0.6 is 45.3 Å². The molecule has 2 aromatic heterocycles. The second-order valence-electron chi connectivity index (χ2n) is 12.3. The normalized spacial score (nSPS) is 10.3. The van der Waals surface area contributed by atoms with Crippen LogP contribution in [0.5, 0.6) is 11.5 Å². The smallest absolute Gasteiger partial charge is 0.486 e. The average Bonchev–Trinajstić information content (AvgIpc) is 3.94. The van der Waals surface area contributed by atoms with E-state index in [1.165, 1.54) is 44.4 Å². The maximum atomic E-state index is 11.5. The Morgan fingerprint density at radius 3 is 1.75 bits per heavy atom. The number of carboxylic acids is 1. The molecule has 8 rings (SSSR count). The Kier molecular flexibility index (Phi) is 16.5. The minimum Gasteiger partial charge on any atom is -0.486 e. The molecule has 0 saturated carbocycles. The average molecular weight is 939 g/mol. The predicted octanol–water partition coefficient (Wildman–Crippen LogP) is 9.90. The highest BCUT2D eigenvalue weighted by atomic mass is 127. The Morgan fingerprint density at radius 2 is 1.17 bits per heavy atom. The van der Waals surface area contributed by atoms with Crippen LogP contribution in [-0.2, 0) is 18.0 Å². The molecule has 2 heterocycles. The predicted molar refractivity (Wildman–Crippen MR) is 245 cm³/mol. The van der Waals surface area contributed by atoms with Crippen molar-refractivity contribution in [3.05, 3.63) is 169 Å². The fourth-order valence-electron chi connectivity index (χ4n) is 5.66. The molecule has 300 valence electrons. The summed E-state index contributed by atoms with van der Waals surface area (Å²) in [6.07, 6.45) is 0. The van der Waals surface area contributed by atoms with Crippen molar-refractivity contribution in [2.45, 2.75) is 27.6 Å². The van der Waals surface area contributed by atoms with Crippen LogP contribution < -0.4 is 14.9 Å². The van der Waals surface area contributed by atoms with Crippen molar-refractivity contribution in [3.8, 4) is 22.6 Å². The van der Waals surface area contributed by atoms with Gasteiger partial charge in [-0.05, 0) is 104 Å². The molecule has 0 aliphatic rings. The summed E-state index contributed by atoms with van der Waals surface area (Å²) in [6, 6.07) is 43.4. The van der Waals surface area contributed by atoms with Crippen molar-refractivity contribution >= 4 is 91.3 Å². The number of nitrogens with zero attached hydrogens (tertiary/aromatic N) is 2. The van der Waals surface area contributed by atoms with Gasteiger partial charge in [-0.1, -0.05) is 104 Å². The number of ether oxygens (including phenoxy) is 3. The molecule has 14 heteroatoms. The van der Waals surface area contributed by atoms with E-state index in [4.69, 9.17) is 29.4 Å². The van der Waals surface area contributed by atoms with Gasteiger partial charge >= 0.3 is 19.1 Å². The van der Waals surface area contributed by atoms with Crippen LogP contribution in [0.3, 0.4) is 0 Å². The van der Waals surface area contributed by atoms with Crippen molar-refractivity contribution in [1.82, 2.24) is 9.97 Å². The lowest BCUT2D eigenvalue weighted by Gasteiger charge is -2.09. The number of halogens is 1. The zero-order valence-corrected chi connectivity index (χ0v) is 34.8. The van der Waals surface area contributed by atoms with Crippen LogP contribution in [0.4, 0.5) is 0 Å². The summed E-state index contributed by atoms with van der Waals surface area (Å²) in [5.74, 6) is 0.0977. The summed E-state index contributed by atoms with van der Waals surface area (Å²) in [5, 5.41) is 36.0. The molecule has 0 bridgehead atoms. The lowest BCUT2D eigenvalue weighted by molar-refractivity contribution is 0.0519. The molecular formula is C45H40BIN2O8S2. The largest absolute Gasteiger partial charge is 0.489 e. The minimum absolute atomic E-state index is 0. The van der Waals surface area contributed by atoms with Gasteiger partial charge < -0.3 is 29.4 Å². The fourth-order valence-corrected chi connectivity index (χ4v) is 7.37. The molecule has 0 fully saturated rings. The Hall–Kier alpha value is -5.65. The van der Waals surface area contributed by atoms with Gasteiger partial charge in [-0.25, -0.2) is 19.6 Å². The molecule has 59 heavy (non-hydrogen) atoms. The molecule has 0 atom stereocenters. The Morgan fingerprint density at radius 1 is 0.661 bits per heavy atom. The Balaban J connectivity index is 0.000000177. The number of carboxylic acid groups (broad SMARTS) is 1. The number of carbonyl (C=O) groups is 2. The number of aromatic nitrogens is 2. The highest BCUT2D eigenvalue weighted by molar-refractivity contribution is 14.1. The number of esters is 1. The lowest BCUT2D eigenvalue weighted by atomic mass is 9.77. The monoisotopic (exact) mass is 938 g/mol. The molecule has 6 aromatic carbocycles. The molecule has 10 nitrogen and oxygen atoms in total. The minimum atomic E-state index is -1.40. The molecule has 3 N–H and O–H groups in total. The van der Waals surface area contributed by atoms with E-state index < -0.39 is 13.1 Å². The van der Waals surface area contributed by atoms with Crippen molar-refractivity contribution in [1.29, 1.82) is 0 Å². The van der Waals surface area contributed by atoms with Crippen LogP contribution in [0.15, 0.2) is 144 Å². The number of carbonyl (C=O) groups excluding carboxylic acids is 1. The third-order valence-corrected chi connectivity index (χ3v) is 10.8.